The molecule has 0 bridgehead atoms. The summed E-state index contributed by atoms with van der Waals surface area (Å²) >= 11 is 0. The molecule has 22 heavy (non-hydrogen) atoms. The molecule has 0 aromatic heterocycles. The minimum Gasteiger partial charge on any atom is -0.340 e. The van der Waals surface area contributed by atoms with Crippen molar-refractivity contribution in [1.82, 2.24) is 10.2 Å². The molecule has 1 aliphatic heterocycles. The van der Waals surface area contributed by atoms with Gasteiger partial charge >= 0.3 is 12.1 Å². The number of alkyl halides is 3. The average molecular weight is 318 g/mol. The Hall–Kier alpha value is -1.27. The van der Waals surface area contributed by atoms with Crippen LogP contribution in [0.15, 0.2) is 0 Å². The van der Waals surface area contributed by atoms with Crippen molar-refractivity contribution in [3.8, 4) is 0 Å². The molecule has 3 fully saturated rings. The van der Waals surface area contributed by atoms with E-state index in [1.807, 2.05) is 5.32 Å². The Bertz CT molecular complexity index is 486. The standard InChI is InChI=1S/C15H21F3N2O2/c1-14(2)9-6-20(7-10(9)14)12(21)11(8-4-3-5-8)19-13(22)15(16,17)18/h8-11H,3-7H2,1-2H3,(H,19,22). The first-order valence-corrected chi connectivity index (χ1v) is 7.79. The van der Waals surface area contributed by atoms with E-state index in [2.05, 4.69) is 13.8 Å². The molecular weight excluding hydrogens is 297 g/mol. The van der Waals surface area contributed by atoms with Crippen molar-refractivity contribution >= 4 is 11.8 Å². The van der Waals surface area contributed by atoms with Crippen LogP contribution in [-0.2, 0) is 9.59 Å². The van der Waals surface area contributed by atoms with E-state index in [1.54, 1.807) is 4.90 Å². The Labute approximate surface area is 127 Å². The summed E-state index contributed by atoms with van der Waals surface area (Å²) in [6, 6.07) is -1.02. The van der Waals surface area contributed by atoms with Crippen molar-refractivity contribution in [1.29, 1.82) is 0 Å². The van der Waals surface area contributed by atoms with Gasteiger partial charge in [-0.25, -0.2) is 0 Å². The second-order valence-corrected chi connectivity index (χ2v) is 7.42. The number of hydrogen-bond acceptors (Lipinski definition) is 2. The molecule has 3 atom stereocenters. The Kier molecular flexibility index (Phi) is 3.45. The van der Waals surface area contributed by atoms with Crippen LogP contribution in [0.5, 0.6) is 0 Å². The third-order valence-electron chi connectivity index (χ3n) is 5.87. The van der Waals surface area contributed by atoms with Gasteiger partial charge in [-0.05, 0) is 36.0 Å². The van der Waals surface area contributed by atoms with Crippen LogP contribution in [0, 0.1) is 23.2 Å². The molecule has 0 spiro atoms. The van der Waals surface area contributed by atoms with E-state index in [1.165, 1.54) is 0 Å². The van der Waals surface area contributed by atoms with E-state index in [-0.39, 0.29) is 17.2 Å². The summed E-state index contributed by atoms with van der Waals surface area (Å²) in [5.41, 5.74) is 0.234. The van der Waals surface area contributed by atoms with E-state index in [9.17, 15) is 22.8 Å². The van der Waals surface area contributed by atoms with Gasteiger partial charge in [0.15, 0.2) is 0 Å². The molecule has 0 aromatic carbocycles. The number of hydrogen-bond donors (Lipinski definition) is 1. The Morgan fingerprint density at radius 3 is 2.14 bits per heavy atom. The molecule has 0 radical (unpaired) electrons. The summed E-state index contributed by atoms with van der Waals surface area (Å²) in [4.78, 5) is 25.4. The molecule has 3 unspecified atom stereocenters. The molecule has 1 N–H and O–H groups in total. The number of carbonyl (C=O) groups is 2. The first kappa shape index (κ1) is 15.6. The Balaban J connectivity index is 1.65. The van der Waals surface area contributed by atoms with Gasteiger partial charge in [-0.3, -0.25) is 9.59 Å². The second kappa shape index (κ2) is 4.86. The molecule has 7 heteroatoms. The highest BCUT2D eigenvalue weighted by Gasteiger charge is 2.63. The highest BCUT2D eigenvalue weighted by Crippen LogP contribution is 2.62. The molecule has 2 amide bonds. The first-order valence-electron chi connectivity index (χ1n) is 7.79. The minimum atomic E-state index is -4.95. The van der Waals surface area contributed by atoms with Crippen molar-refractivity contribution in [2.45, 2.75) is 45.3 Å². The molecule has 124 valence electrons. The monoisotopic (exact) mass is 318 g/mol. The lowest BCUT2D eigenvalue weighted by atomic mass is 9.79. The van der Waals surface area contributed by atoms with Crippen LogP contribution in [0.4, 0.5) is 13.2 Å². The molecule has 1 saturated heterocycles. The van der Waals surface area contributed by atoms with Crippen molar-refractivity contribution in [3.05, 3.63) is 0 Å². The van der Waals surface area contributed by atoms with Crippen molar-refractivity contribution in [2.75, 3.05) is 13.1 Å². The molecule has 4 nitrogen and oxygen atoms in total. The SMILES string of the molecule is CC1(C)C2CN(C(=O)C(NC(=O)C(F)(F)F)C3CCC3)CC21. The van der Waals surface area contributed by atoms with Crippen molar-refractivity contribution in [3.63, 3.8) is 0 Å². The van der Waals surface area contributed by atoms with Gasteiger partial charge < -0.3 is 10.2 Å². The fourth-order valence-electron chi connectivity index (χ4n) is 3.89. The van der Waals surface area contributed by atoms with E-state index >= 15 is 0 Å². The molecule has 3 rings (SSSR count). The molecule has 1 heterocycles. The first-order chi connectivity index (χ1) is 10.1. The molecule has 2 aliphatic carbocycles. The maximum atomic E-state index is 12.6. The highest BCUT2D eigenvalue weighted by molar-refractivity contribution is 5.90. The van der Waals surface area contributed by atoms with Gasteiger partial charge in [-0.2, -0.15) is 13.2 Å². The van der Waals surface area contributed by atoms with Gasteiger partial charge in [-0.15, -0.1) is 0 Å². The lowest BCUT2D eigenvalue weighted by Crippen LogP contribution is -2.56. The van der Waals surface area contributed by atoms with Crippen LogP contribution in [0.3, 0.4) is 0 Å². The van der Waals surface area contributed by atoms with E-state index in [0.717, 1.165) is 6.42 Å². The molecule has 0 aromatic rings. The van der Waals surface area contributed by atoms with E-state index in [0.29, 0.717) is 37.8 Å². The largest absolute Gasteiger partial charge is 0.471 e. The smallest absolute Gasteiger partial charge is 0.340 e. The van der Waals surface area contributed by atoms with Crippen molar-refractivity contribution < 1.29 is 22.8 Å². The Morgan fingerprint density at radius 1 is 1.18 bits per heavy atom. The fraction of sp³-hybridized carbons (Fsp3) is 0.867. The fourth-order valence-corrected chi connectivity index (χ4v) is 3.89. The summed E-state index contributed by atoms with van der Waals surface area (Å²) in [6.07, 6.45) is -2.66. The normalized spacial score (nSPS) is 31.2. The van der Waals surface area contributed by atoms with Crippen LogP contribution >= 0.6 is 0 Å². The minimum absolute atomic E-state index is 0.163. The lowest BCUT2D eigenvalue weighted by Gasteiger charge is -2.36. The van der Waals surface area contributed by atoms with Crippen LogP contribution < -0.4 is 5.32 Å². The van der Waals surface area contributed by atoms with Crippen LogP contribution in [0.1, 0.15) is 33.1 Å². The molecular formula is C15H21F3N2O2. The van der Waals surface area contributed by atoms with Gasteiger partial charge in [0.1, 0.15) is 6.04 Å². The maximum Gasteiger partial charge on any atom is 0.471 e. The third-order valence-corrected chi connectivity index (χ3v) is 5.87. The van der Waals surface area contributed by atoms with Gasteiger partial charge in [0, 0.05) is 13.1 Å². The maximum absolute atomic E-state index is 12.6. The number of likely N-dealkylation sites (tertiary alicyclic amines) is 1. The zero-order valence-electron chi connectivity index (χ0n) is 12.7. The van der Waals surface area contributed by atoms with Gasteiger partial charge in [0.05, 0.1) is 0 Å². The van der Waals surface area contributed by atoms with Gasteiger partial charge in [0.25, 0.3) is 0 Å². The average Bonchev–Trinajstić information content (AvgIpc) is 2.76. The number of nitrogens with zero attached hydrogens (tertiary/aromatic N) is 1. The third kappa shape index (κ3) is 2.48. The topological polar surface area (TPSA) is 49.4 Å². The van der Waals surface area contributed by atoms with Crippen LogP contribution in [-0.4, -0.2) is 42.0 Å². The number of piperidine rings is 1. The van der Waals surface area contributed by atoms with Crippen LogP contribution in [0.25, 0.3) is 0 Å². The predicted molar refractivity (Wildman–Crippen MR) is 72.7 cm³/mol. The molecule has 2 saturated carbocycles. The summed E-state index contributed by atoms with van der Waals surface area (Å²) in [7, 11) is 0. The highest BCUT2D eigenvalue weighted by atomic mass is 19.4. The molecule has 3 aliphatic rings. The number of nitrogens with one attached hydrogen (secondary N) is 1. The summed E-state index contributed by atoms with van der Waals surface area (Å²) in [6.45, 7) is 5.50. The number of halogens is 3. The zero-order chi connectivity index (χ0) is 16.3. The second-order valence-electron chi connectivity index (χ2n) is 7.42. The lowest BCUT2D eigenvalue weighted by molar-refractivity contribution is -0.176. The van der Waals surface area contributed by atoms with Crippen molar-refractivity contribution in [2.24, 2.45) is 23.2 Å². The summed E-state index contributed by atoms with van der Waals surface area (Å²) in [5, 5.41) is 1.93. The van der Waals surface area contributed by atoms with Gasteiger partial charge in [0.2, 0.25) is 5.91 Å². The predicted octanol–water partition coefficient (Wildman–Crippen LogP) is 1.95. The quantitative estimate of drug-likeness (QED) is 0.865. The number of fused-ring (bicyclic) bond motifs is 1. The summed E-state index contributed by atoms with van der Waals surface area (Å²) in [5.74, 6) is -1.63. The summed E-state index contributed by atoms with van der Waals surface area (Å²) < 4.78 is 37.4. The van der Waals surface area contributed by atoms with Gasteiger partial charge in [-0.1, -0.05) is 20.3 Å². The zero-order valence-corrected chi connectivity index (χ0v) is 12.7. The number of amides is 2. The van der Waals surface area contributed by atoms with Crippen LogP contribution in [0.2, 0.25) is 0 Å². The van der Waals surface area contributed by atoms with E-state index < -0.39 is 18.1 Å². The van der Waals surface area contributed by atoms with E-state index in [4.69, 9.17) is 0 Å². The number of carbonyl (C=O) groups excluding carboxylic acids is 2. The number of rotatable bonds is 3. The Morgan fingerprint density at radius 2 is 1.73 bits per heavy atom.